The van der Waals surface area contributed by atoms with Crippen molar-refractivity contribution < 1.29 is 14.7 Å². The number of aromatic nitrogens is 2. The van der Waals surface area contributed by atoms with Crippen LogP contribution in [0.3, 0.4) is 0 Å². The van der Waals surface area contributed by atoms with Crippen LogP contribution in [0.25, 0.3) is 10.9 Å². The number of aliphatic carboxylic acids is 1. The fourth-order valence-corrected chi connectivity index (χ4v) is 4.22. The number of amides is 1. The fraction of sp³-hybridized carbons (Fsp3) is 0.500. The van der Waals surface area contributed by atoms with Crippen molar-refractivity contribution in [3.8, 4) is 0 Å². The average molecular weight is 369 g/mol. The fourth-order valence-electron chi connectivity index (χ4n) is 4.22. The number of nitrogens with one attached hydrogen (secondary N) is 1. The van der Waals surface area contributed by atoms with E-state index in [0.717, 1.165) is 44.3 Å². The molecule has 142 valence electrons. The number of carboxylic acid groups (broad SMARTS) is 1. The molecule has 27 heavy (non-hydrogen) atoms. The third-order valence-electron chi connectivity index (χ3n) is 5.80. The standard InChI is InChI=1S/C20H23N3O4/c24-17(22-20(19(26)27)9-3-4-10-20)13-7-8-14-15(12-13)21-16-6-2-1-5-11-23(16)18(14)25/h7-8,12H,1-6,9-11H2,(H,22,24)(H,26,27). The Morgan fingerprint density at radius 2 is 1.89 bits per heavy atom. The second kappa shape index (κ2) is 6.79. The number of carbonyl (C=O) groups excluding carboxylic acids is 1. The number of hydrogen-bond donors (Lipinski definition) is 2. The molecule has 0 bridgehead atoms. The number of hydrogen-bond acceptors (Lipinski definition) is 4. The first kappa shape index (κ1) is 17.7. The molecule has 2 N–H and O–H groups in total. The molecule has 0 radical (unpaired) electrons. The van der Waals surface area contributed by atoms with Crippen molar-refractivity contribution in [1.82, 2.24) is 14.9 Å². The van der Waals surface area contributed by atoms with Gasteiger partial charge in [0.2, 0.25) is 0 Å². The van der Waals surface area contributed by atoms with Gasteiger partial charge in [-0.1, -0.05) is 19.3 Å². The number of carbonyl (C=O) groups is 2. The van der Waals surface area contributed by atoms with E-state index in [9.17, 15) is 19.5 Å². The van der Waals surface area contributed by atoms with Crippen molar-refractivity contribution in [2.75, 3.05) is 0 Å². The van der Waals surface area contributed by atoms with E-state index in [1.165, 1.54) is 0 Å². The molecular weight excluding hydrogens is 346 g/mol. The van der Waals surface area contributed by atoms with Crippen molar-refractivity contribution in [1.29, 1.82) is 0 Å². The molecule has 7 heteroatoms. The molecule has 1 aromatic heterocycles. The molecule has 0 unspecified atom stereocenters. The van der Waals surface area contributed by atoms with Crippen molar-refractivity contribution in [2.45, 2.75) is 63.5 Å². The smallest absolute Gasteiger partial charge is 0.329 e. The number of fused-ring (bicyclic) bond motifs is 2. The monoisotopic (exact) mass is 369 g/mol. The van der Waals surface area contributed by atoms with Gasteiger partial charge in [0, 0.05) is 18.5 Å². The van der Waals surface area contributed by atoms with Crippen LogP contribution in [0.5, 0.6) is 0 Å². The van der Waals surface area contributed by atoms with Crippen LogP contribution in [0, 0.1) is 0 Å². The summed E-state index contributed by atoms with van der Waals surface area (Å²) >= 11 is 0. The van der Waals surface area contributed by atoms with Crippen molar-refractivity contribution in [3.63, 3.8) is 0 Å². The van der Waals surface area contributed by atoms with Crippen LogP contribution in [-0.2, 0) is 17.8 Å². The Labute approximate surface area is 156 Å². The highest BCUT2D eigenvalue weighted by Crippen LogP contribution is 2.30. The third-order valence-corrected chi connectivity index (χ3v) is 5.80. The maximum Gasteiger partial charge on any atom is 0.329 e. The largest absolute Gasteiger partial charge is 0.480 e. The molecule has 7 nitrogen and oxygen atoms in total. The van der Waals surface area contributed by atoms with E-state index in [1.54, 1.807) is 22.8 Å². The second-order valence-electron chi connectivity index (χ2n) is 7.58. The van der Waals surface area contributed by atoms with Crippen LogP contribution in [-0.4, -0.2) is 32.1 Å². The lowest BCUT2D eigenvalue weighted by atomic mass is 9.97. The Bertz CT molecular complexity index is 973. The number of carboxylic acids is 1. The summed E-state index contributed by atoms with van der Waals surface area (Å²) < 4.78 is 1.74. The molecule has 0 spiro atoms. The van der Waals surface area contributed by atoms with E-state index in [2.05, 4.69) is 10.3 Å². The highest BCUT2D eigenvalue weighted by atomic mass is 16.4. The van der Waals surface area contributed by atoms with Crippen LogP contribution in [0.15, 0.2) is 23.0 Å². The number of rotatable bonds is 3. The summed E-state index contributed by atoms with van der Waals surface area (Å²) in [5.74, 6) is -0.658. The Balaban J connectivity index is 1.70. The molecule has 1 aliphatic carbocycles. The lowest BCUT2D eigenvalue weighted by Crippen LogP contribution is -2.52. The van der Waals surface area contributed by atoms with Gasteiger partial charge >= 0.3 is 5.97 Å². The first-order valence-electron chi connectivity index (χ1n) is 9.60. The normalized spacial score (nSPS) is 18.7. The van der Waals surface area contributed by atoms with Gasteiger partial charge in [-0.25, -0.2) is 9.78 Å². The van der Waals surface area contributed by atoms with Crippen molar-refractivity contribution in [3.05, 3.63) is 39.9 Å². The SMILES string of the molecule is O=C(NC1(C(=O)O)CCCC1)c1ccc2c(=O)n3c(nc2c1)CCCCC3. The first-order valence-corrected chi connectivity index (χ1v) is 9.60. The van der Waals surface area contributed by atoms with Crippen molar-refractivity contribution in [2.24, 2.45) is 0 Å². The molecule has 1 saturated carbocycles. The maximum absolute atomic E-state index is 12.8. The van der Waals surface area contributed by atoms with E-state index in [4.69, 9.17) is 0 Å². The van der Waals surface area contributed by atoms with Gasteiger partial charge in [-0.3, -0.25) is 14.2 Å². The van der Waals surface area contributed by atoms with Gasteiger partial charge in [-0.15, -0.1) is 0 Å². The summed E-state index contributed by atoms with van der Waals surface area (Å²) in [4.78, 5) is 41.8. The summed E-state index contributed by atoms with van der Waals surface area (Å²) in [7, 11) is 0. The van der Waals surface area contributed by atoms with Crippen LogP contribution in [0.2, 0.25) is 0 Å². The number of aryl methyl sites for hydroxylation is 1. The molecule has 0 atom stereocenters. The topological polar surface area (TPSA) is 101 Å². The summed E-state index contributed by atoms with van der Waals surface area (Å²) in [5.41, 5.74) is -0.425. The first-order chi connectivity index (χ1) is 13.0. The Morgan fingerprint density at radius 3 is 2.63 bits per heavy atom. The predicted molar refractivity (Wildman–Crippen MR) is 99.9 cm³/mol. The van der Waals surface area contributed by atoms with E-state index >= 15 is 0 Å². The zero-order chi connectivity index (χ0) is 19.0. The Morgan fingerprint density at radius 1 is 1.11 bits per heavy atom. The van der Waals surface area contributed by atoms with E-state index in [1.807, 2.05) is 0 Å². The Kier molecular flexibility index (Phi) is 4.45. The van der Waals surface area contributed by atoms with Crippen LogP contribution in [0.4, 0.5) is 0 Å². The van der Waals surface area contributed by atoms with Crippen molar-refractivity contribution >= 4 is 22.8 Å². The van der Waals surface area contributed by atoms with E-state index in [0.29, 0.717) is 35.9 Å². The average Bonchev–Trinajstić information content (AvgIpc) is 3.00. The summed E-state index contributed by atoms with van der Waals surface area (Å²) in [6.45, 7) is 0.681. The summed E-state index contributed by atoms with van der Waals surface area (Å²) in [6, 6.07) is 4.80. The highest BCUT2D eigenvalue weighted by molar-refractivity contribution is 6.00. The predicted octanol–water partition coefficient (Wildman–Crippen LogP) is 2.25. The summed E-state index contributed by atoms with van der Waals surface area (Å²) in [6.07, 6.45) is 6.25. The van der Waals surface area contributed by atoms with Crippen LogP contribution >= 0.6 is 0 Å². The zero-order valence-corrected chi connectivity index (χ0v) is 15.2. The van der Waals surface area contributed by atoms with Gasteiger partial charge in [0.15, 0.2) is 0 Å². The Hall–Kier alpha value is -2.70. The number of benzene rings is 1. The second-order valence-corrected chi connectivity index (χ2v) is 7.58. The molecule has 2 aromatic rings. The minimum atomic E-state index is -1.19. The minimum Gasteiger partial charge on any atom is -0.480 e. The minimum absolute atomic E-state index is 0.0679. The van der Waals surface area contributed by atoms with E-state index < -0.39 is 17.4 Å². The van der Waals surface area contributed by atoms with Gasteiger partial charge in [-0.05, 0) is 43.9 Å². The molecular formula is C20H23N3O4. The molecule has 4 rings (SSSR count). The van der Waals surface area contributed by atoms with Gasteiger partial charge in [0.25, 0.3) is 11.5 Å². The van der Waals surface area contributed by atoms with Gasteiger partial charge in [0.1, 0.15) is 11.4 Å². The van der Waals surface area contributed by atoms with Crippen LogP contribution in [0.1, 0.15) is 61.1 Å². The lowest BCUT2D eigenvalue weighted by Gasteiger charge is -2.25. The van der Waals surface area contributed by atoms with Gasteiger partial charge in [-0.2, -0.15) is 0 Å². The van der Waals surface area contributed by atoms with Crippen LogP contribution < -0.4 is 10.9 Å². The molecule has 0 saturated heterocycles. The molecule has 1 fully saturated rings. The molecule has 1 aliphatic heterocycles. The van der Waals surface area contributed by atoms with Gasteiger partial charge in [0.05, 0.1) is 10.9 Å². The van der Waals surface area contributed by atoms with Gasteiger partial charge < -0.3 is 10.4 Å². The third kappa shape index (κ3) is 3.11. The highest BCUT2D eigenvalue weighted by Gasteiger charge is 2.42. The maximum atomic E-state index is 12.8. The summed E-state index contributed by atoms with van der Waals surface area (Å²) in [5, 5.41) is 12.8. The zero-order valence-electron chi connectivity index (χ0n) is 15.2. The van der Waals surface area contributed by atoms with E-state index in [-0.39, 0.29) is 5.56 Å². The molecule has 2 heterocycles. The molecule has 1 aromatic carbocycles. The molecule has 2 aliphatic rings. The lowest BCUT2D eigenvalue weighted by molar-refractivity contribution is -0.144. The quantitative estimate of drug-likeness (QED) is 0.864. The molecule has 1 amide bonds. The number of nitrogens with zero attached hydrogens (tertiary/aromatic N) is 2.